The molecule has 4 N–H and O–H groups in total. The van der Waals surface area contributed by atoms with Crippen LogP contribution in [0.5, 0.6) is 0 Å². The van der Waals surface area contributed by atoms with Crippen molar-refractivity contribution in [2.24, 2.45) is 0 Å². The third-order valence-electron chi connectivity index (χ3n) is 11.0. The zero-order chi connectivity index (χ0) is 40.2. The highest BCUT2D eigenvalue weighted by atomic mass is 16.5. The average Bonchev–Trinajstić information content (AvgIpc) is 4.11. The number of benzene rings is 4. The fourth-order valence-corrected chi connectivity index (χ4v) is 8.00. The second-order valence-electron chi connectivity index (χ2n) is 14.5. The minimum Gasteiger partial charge on any atom is -0.453 e. The fraction of sp³-hybridized carbons (Fsp3) is 0.273. The van der Waals surface area contributed by atoms with Crippen molar-refractivity contribution >= 4 is 34.8 Å². The first-order chi connectivity index (χ1) is 28.3. The largest absolute Gasteiger partial charge is 0.453 e. The molecule has 14 nitrogen and oxygen atoms in total. The number of methoxy groups -OCH3 is 2. The highest BCUT2D eigenvalue weighted by molar-refractivity contribution is 5.91. The van der Waals surface area contributed by atoms with Crippen LogP contribution in [0.2, 0.25) is 0 Å². The van der Waals surface area contributed by atoms with E-state index in [2.05, 4.69) is 91.0 Å². The summed E-state index contributed by atoms with van der Waals surface area (Å²) in [7, 11) is 2.55. The number of ether oxygens (including phenoxy) is 2. The minimum atomic E-state index is -0.878. The van der Waals surface area contributed by atoms with E-state index in [1.807, 2.05) is 30.3 Å². The van der Waals surface area contributed by atoms with Gasteiger partial charge in [-0.2, -0.15) is 0 Å². The number of aromatic amines is 2. The molecule has 6 aromatic rings. The Hall–Kier alpha value is -6.96. The highest BCUT2D eigenvalue weighted by Gasteiger charge is 2.37. The number of likely N-dealkylation sites (tertiary alicyclic amines) is 2. The number of amides is 4. The Morgan fingerprint density at radius 1 is 0.690 bits per heavy atom. The van der Waals surface area contributed by atoms with Crippen LogP contribution < -0.4 is 10.6 Å². The smallest absolute Gasteiger partial charge is 0.407 e. The second-order valence-corrected chi connectivity index (χ2v) is 14.5. The lowest BCUT2D eigenvalue weighted by Gasteiger charge is -2.28. The van der Waals surface area contributed by atoms with Gasteiger partial charge in [-0.05, 0) is 70.8 Å². The monoisotopic (exact) mass is 780 g/mol. The molecule has 0 bridgehead atoms. The normalized spacial score (nSPS) is 16.9. The van der Waals surface area contributed by atoms with E-state index in [0.29, 0.717) is 24.5 Å². The predicted molar refractivity (Wildman–Crippen MR) is 217 cm³/mol. The van der Waals surface area contributed by atoms with Gasteiger partial charge in [0.25, 0.3) is 5.91 Å². The van der Waals surface area contributed by atoms with E-state index >= 15 is 0 Å². The summed E-state index contributed by atoms with van der Waals surface area (Å²) in [4.78, 5) is 70.2. The molecule has 0 aliphatic carbocycles. The van der Waals surface area contributed by atoms with Gasteiger partial charge in [-0.3, -0.25) is 9.59 Å². The zero-order valence-electron chi connectivity index (χ0n) is 32.2. The van der Waals surface area contributed by atoms with Crippen LogP contribution in [0.4, 0.5) is 9.59 Å². The van der Waals surface area contributed by atoms with Crippen LogP contribution in [0, 0.1) is 0 Å². The molecule has 2 saturated heterocycles. The lowest BCUT2D eigenvalue weighted by Crippen LogP contribution is -2.42. The fourth-order valence-electron chi connectivity index (χ4n) is 8.00. The van der Waals surface area contributed by atoms with Crippen LogP contribution in [0.3, 0.4) is 0 Å². The van der Waals surface area contributed by atoms with Crippen molar-refractivity contribution in [3.63, 3.8) is 0 Å². The summed E-state index contributed by atoms with van der Waals surface area (Å²) in [5.74, 6) is 1.04. The van der Waals surface area contributed by atoms with Crippen molar-refractivity contribution in [3.05, 3.63) is 121 Å². The van der Waals surface area contributed by atoms with Crippen LogP contribution in [-0.4, -0.2) is 87.6 Å². The molecule has 8 rings (SSSR count). The number of H-pyrrole nitrogens is 2. The molecule has 2 fully saturated rings. The number of hydrogen-bond donors (Lipinski definition) is 4. The minimum absolute atomic E-state index is 0.125. The van der Waals surface area contributed by atoms with Crippen molar-refractivity contribution < 1.29 is 28.7 Å². The van der Waals surface area contributed by atoms with Crippen LogP contribution >= 0.6 is 0 Å². The molecule has 296 valence electrons. The summed E-state index contributed by atoms with van der Waals surface area (Å²) in [5, 5.41) is 7.37. The maximum Gasteiger partial charge on any atom is 0.407 e. The summed E-state index contributed by atoms with van der Waals surface area (Å²) in [6, 6.07) is 28.9. The molecule has 4 amide bonds. The standard InChI is InChI=1S/C44H44N8O6/c1-57-43(55)47-26-38(53)51-20-6-10-36(51)40-46-25-35(49-40)33-19-18-31-22-30(16-17-32(31)23-33)27-12-14-28(15-13-27)34-24-45-41(48-34)37-11-7-21-52(37)42(54)39(50-44(56)58-2)29-8-4-3-5-9-29/h3-5,8-9,12-19,22-25,36-37,39H,6-7,10-11,20-21,26H2,1-2H3,(H,45,48)(H,46,49)(H,47,55)(H,50,56)/t36-,37-,39-/m0/s1. The summed E-state index contributed by atoms with van der Waals surface area (Å²) in [6.45, 7) is 1.03. The Labute approximate surface area is 335 Å². The third-order valence-corrected chi connectivity index (χ3v) is 11.0. The number of fused-ring (bicyclic) bond motifs is 1. The highest BCUT2D eigenvalue weighted by Crippen LogP contribution is 2.36. The van der Waals surface area contributed by atoms with Gasteiger partial charge in [0.1, 0.15) is 24.2 Å². The van der Waals surface area contributed by atoms with Crippen LogP contribution in [-0.2, 0) is 19.1 Å². The molecule has 4 heterocycles. The Morgan fingerprint density at radius 3 is 1.90 bits per heavy atom. The van der Waals surface area contributed by atoms with E-state index in [9.17, 15) is 19.2 Å². The van der Waals surface area contributed by atoms with Gasteiger partial charge in [0.2, 0.25) is 5.91 Å². The van der Waals surface area contributed by atoms with Gasteiger partial charge in [0.05, 0.1) is 50.1 Å². The van der Waals surface area contributed by atoms with Crippen LogP contribution in [0.15, 0.2) is 103 Å². The van der Waals surface area contributed by atoms with Gasteiger partial charge in [-0.1, -0.05) is 78.9 Å². The molecule has 2 aromatic heterocycles. The second kappa shape index (κ2) is 16.6. The predicted octanol–water partition coefficient (Wildman–Crippen LogP) is 7.07. The van der Waals surface area contributed by atoms with Crippen molar-refractivity contribution in [2.75, 3.05) is 33.9 Å². The molecule has 0 unspecified atom stereocenters. The van der Waals surface area contributed by atoms with E-state index < -0.39 is 18.2 Å². The van der Waals surface area contributed by atoms with Crippen molar-refractivity contribution in [2.45, 2.75) is 43.8 Å². The average molecular weight is 781 g/mol. The molecular weight excluding hydrogens is 737 g/mol. The lowest BCUT2D eigenvalue weighted by molar-refractivity contribution is -0.134. The summed E-state index contributed by atoms with van der Waals surface area (Å²) in [6.07, 6.45) is 5.52. The van der Waals surface area contributed by atoms with E-state index in [-0.39, 0.29) is 30.4 Å². The number of hydrogen-bond acceptors (Lipinski definition) is 8. The Morgan fingerprint density at radius 2 is 1.24 bits per heavy atom. The number of imidazole rings is 2. The van der Waals surface area contributed by atoms with Crippen molar-refractivity contribution in [3.8, 4) is 33.6 Å². The molecule has 4 aromatic carbocycles. The Bertz CT molecular complexity index is 2450. The summed E-state index contributed by atoms with van der Waals surface area (Å²) in [5.41, 5.74) is 6.52. The van der Waals surface area contributed by atoms with Crippen LogP contribution in [0.1, 0.15) is 61.0 Å². The van der Waals surface area contributed by atoms with Crippen molar-refractivity contribution in [1.82, 2.24) is 40.4 Å². The zero-order valence-corrected chi connectivity index (χ0v) is 32.2. The summed E-state index contributed by atoms with van der Waals surface area (Å²) < 4.78 is 9.42. The first-order valence-corrected chi connectivity index (χ1v) is 19.4. The van der Waals surface area contributed by atoms with Gasteiger partial charge in [-0.15, -0.1) is 0 Å². The third kappa shape index (κ3) is 7.85. The molecule has 58 heavy (non-hydrogen) atoms. The Kier molecular flexibility index (Phi) is 10.9. The van der Waals surface area contributed by atoms with Gasteiger partial charge >= 0.3 is 12.2 Å². The maximum atomic E-state index is 13.9. The maximum absolute atomic E-state index is 13.9. The van der Waals surface area contributed by atoms with Crippen molar-refractivity contribution in [1.29, 1.82) is 0 Å². The lowest BCUT2D eigenvalue weighted by atomic mass is 9.98. The molecular formula is C44H44N8O6. The molecule has 0 saturated carbocycles. The molecule has 3 atom stereocenters. The number of alkyl carbamates (subject to hydrolysis) is 2. The first-order valence-electron chi connectivity index (χ1n) is 19.4. The van der Waals surface area contributed by atoms with Gasteiger partial charge in [-0.25, -0.2) is 19.6 Å². The van der Waals surface area contributed by atoms with Gasteiger partial charge in [0.15, 0.2) is 0 Å². The van der Waals surface area contributed by atoms with Gasteiger partial charge in [0, 0.05) is 18.7 Å². The number of aromatic nitrogens is 4. The number of carbonyl (C=O) groups excluding carboxylic acids is 4. The Balaban J connectivity index is 0.938. The first kappa shape index (κ1) is 37.9. The SMILES string of the molecule is COC(=O)NCC(=O)N1CCC[C@H]1c1ncc(-c2ccc3cc(-c4ccc(-c5cnc([C@@H]6CCCN6C(=O)[C@@H](NC(=O)OC)c6ccccc6)[nH]5)cc4)ccc3c2)[nH]1. The molecule has 0 spiro atoms. The number of rotatable bonds is 10. The van der Waals surface area contributed by atoms with Gasteiger partial charge < -0.3 is 39.9 Å². The molecule has 0 radical (unpaired) electrons. The van der Waals surface area contributed by atoms with E-state index in [1.54, 1.807) is 22.2 Å². The topological polar surface area (TPSA) is 175 Å². The number of nitrogens with one attached hydrogen (secondary N) is 4. The van der Waals surface area contributed by atoms with Crippen LogP contribution in [0.25, 0.3) is 44.4 Å². The summed E-state index contributed by atoms with van der Waals surface area (Å²) >= 11 is 0. The number of nitrogens with zero attached hydrogens (tertiary/aromatic N) is 4. The van der Waals surface area contributed by atoms with E-state index in [4.69, 9.17) is 9.72 Å². The quantitative estimate of drug-likeness (QED) is 0.114. The molecule has 2 aliphatic heterocycles. The van der Waals surface area contributed by atoms with E-state index in [1.165, 1.54) is 14.2 Å². The molecule has 2 aliphatic rings. The van der Waals surface area contributed by atoms with E-state index in [0.717, 1.165) is 75.9 Å². The number of carbonyl (C=O) groups is 4. The molecule has 14 heteroatoms.